The molecule has 1 aliphatic carbocycles. The van der Waals surface area contributed by atoms with Crippen LogP contribution in [0.1, 0.15) is 12.8 Å². The number of aromatic nitrogens is 2. The molecular weight excluding hydrogens is 454 g/mol. The number of hydrogen-bond donors (Lipinski definition) is 3. The van der Waals surface area contributed by atoms with Crippen LogP contribution in [-0.2, 0) is 9.53 Å². The monoisotopic (exact) mass is 481 g/mol. The largest absolute Gasteiger partial charge is 0.378 e. The minimum absolute atomic E-state index is 0.153. The fourth-order valence-electron chi connectivity index (χ4n) is 3.88. The molecule has 2 fully saturated rings. The second-order valence-corrected chi connectivity index (χ2v) is 8.73. The summed E-state index contributed by atoms with van der Waals surface area (Å²) in [4.78, 5) is 23.6. The van der Waals surface area contributed by atoms with E-state index in [1.165, 1.54) is 0 Å². The number of hydrogen-bond acceptors (Lipinski definition) is 8. The molecule has 2 heterocycles. The van der Waals surface area contributed by atoms with Gasteiger partial charge in [0.2, 0.25) is 5.95 Å². The van der Waals surface area contributed by atoms with Gasteiger partial charge in [-0.05, 0) is 67.3 Å². The van der Waals surface area contributed by atoms with E-state index in [1.807, 2.05) is 30.3 Å². The van der Waals surface area contributed by atoms with Crippen LogP contribution in [0.15, 0.2) is 72.4 Å². The highest BCUT2D eigenvalue weighted by molar-refractivity contribution is 6.06. The normalized spacial score (nSPS) is 15.6. The number of nitrogens with zero attached hydrogens (tertiary/aromatic N) is 4. The molecule has 0 bridgehead atoms. The summed E-state index contributed by atoms with van der Waals surface area (Å²) in [5.41, 5.74) is 3.55. The number of benzene rings is 2. The number of carbonyl (C=O) groups excluding carboxylic acids is 1. The van der Waals surface area contributed by atoms with Gasteiger partial charge in [0.15, 0.2) is 0 Å². The van der Waals surface area contributed by atoms with Crippen LogP contribution < -0.4 is 20.9 Å². The lowest BCUT2D eigenvalue weighted by Crippen LogP contribution is -2.36. The molecule has 0 spiro atoms. The lowest BCUT2D eigenvalue weighted by atomic mass is 10.2. The Kier molecular flexibility index (Phi) is 7.05. The van der Waals surface area contributed by atoms with Crippen molar-refractivity contribution in [2.24, 2.45) is 5.92 Å². The summed E-state index contributed by atoms with van der Waals surface area (Å²) in [6.45, 7) is 3.29. The number of carbonyl (C=O) groups is 1. The van der Waals surface area contributed by atoms with E-state index < -0.39 is 5.91 Å². The molecule has 9 nitrogen and oxygen atoms in total. The second-order valence-electron chi connectivity index (χ2n) is 8.73. The molecule has 3 aromatic rings. The minimum Gasteiger partial charge on any atom is -0.378 e. The van der Waals surface area contributed by atoms with Gasteiger partial charge in [-0.1, -0.05) is 12.1 Å². The van der Waals surface area contributed by atoms with Gasteiger partial charge < -0.3 is 25.6 Å². The Bertz CT molecular complexity index is 1290. The Hall–Kier alpha value is -4.42. The molecule has 9 heteroatoms. The third-order valence-corrected chi connectivity index (χ3v) is 5.94. The average molecular weight is 482 g/mol. The Labute approximate surface area is 209 Å². The molecular formula is C27H27N7O2. The maximum atomic E-state index is 12.4. The number of rotatable bonds is 8. The first-order chi connectivity index (χ1) is 17.7. The van der Waals surface area contributed by atoms with Gasteiger partial charge in [0.1, 0.15) is 17.5 Å². The van der Waals surface area contributed by atoms with Crippen molar-refractivity contribution in [1.82, 2.24) is 9.97 Å². The van der Waals surface area contributed by atoms with Gasteiger partial charge >= 0.3 is 0 Å². The zero-order valence-corrected chi connectivity index (χ0v) is 19.8. The van der Waals surface area contributed by atoms with Gasteiger partial charge in [0.25, 0.3) is 5.91 Å². The Morgan fingerprint density at radius 1 is 1.03 bits per heavy atom. The molecule has 0 unspecified atom stereocenters. The lowest BCUT2D eigenvalue weighted by Gasteiger charge is -2.28. The van der Waals surface area contributed by atoms with Crippen LogP contribution in [0.5, 0.6) is 0 Å². The van der Waals surface area contributed by atoms with Crippen molar-refractivity contribution in [1.29, 1.82) is 5.26 Å². The molecule has 182 valence electrons. The second kappa shape index (κ2) is 10.9. The van der Waals surface area contributed by atoms with E-state index in [0.29, 0.717) is 23.4 Å². The van der Waals surface area contributed by atoms with E-state index >= 15 is 0 Å². The lowest BCUT2D eigenvalue weighted by molar-refractivity contribution is -0.112. The smallest absolute Gasteiger partial charge is 0.265 e. The molecule has 1 saturated carbocycles. The molecule has 0 radical (unpaired) electrons. The van der Waals surface area contributed by atoms with Crippen LogP contribution >= 0.6 is 0 Å². The molecule has 1 aliphatic heterocycles. The van der Waals surface area contributed by atoms with Crippen LogP contribution in [0, 0.1) is 17.2 Å². The summed E-state index contributed by atoms with van der Waals surface area (Å²) in [5, 5.41) is 18.6. The molecule has 36 heavy (non-hydrogen) atoms. The van der Waals surface area contributed by atoms with Crippen molar-refractivity contribution in [2.45, 2.75) is 12.8 Å². The summed E-state index contributed by atoms with van der Waals surface area (Å²) >= 11 is 0. The van der Waals surface area contributed by atoms with E-state index in [9.17, 15) is 10.1 Å². The highest BCUT2D eigenvalue weighted by Gasteiger charge is 2.21. The van der Waals surface area contributed by atoms with Gasteiger partial charge in [-0.2, -0.15) is 10.2 Å². The van der Waals surface area contributed by atoms with Gasteiger partial charge in [-0.25, -0.2) is 4.98 Å². The molecule has 1 saturated heterocycles. The Balaban J connectivity index is 1.21. The highest BCUT2D eigenvalue weighted by atomic mass is 16.5. The maximum absolute atomic E-state index is 12.4. The molecule has 0 atom stereocenters. The van der Waals surface area contributed by atoms with Crippen LogP contribution in [0.4, 0.5) is 34.5 Å². The van der Waals surface area contributed by atoms with Crippen LogP contribution in [0.3, 0.4) is 0 Å². The quantitative estimate of drug-likeness (QED) is 0.316. The Morgan fingerprint density at radius 3 is 2.56 bits per heavy atom. The number of anilines is 6. The third kappa shape index (κ3) is 6.17. The average Bonchev–Trinajstić information content (AvgIpc) is 3.73. The molecule has 2 aromatic carbocycles. The van der Waals surface area contributed by atoms with Crippen molar-refractivity contribution < 1.29 is 9.53 Å². The van der Waals surface area contributed by atoms with Gasteiger partial charge in [0.05, 0.1) is 13.2 Å². The molecule has 1 aromatic heterocycles. The molecule has 1 amide bonds. The topological polar surface area (TPSA) is 115 Å². The number of allylic oxidation sites excluding steroid dienone is 1. The van der Waals surface area contributed by atoms with Crippen molar-refractivity contribution in [3.63, 3.8) is 0 Å². The fourth-order valence-corrected chi connectivity index (χ4v) is 3.88. The summed E-state index contributed by atoms with van der Waals surface area (Å²) in [6.07, 6.45) is 5.50. The zero-order valence-electron chi connectivity index (χ0n) is 19.8. The number of morpholine rings is 1. The summed E-state index contributed by atoms with van der Waals surface area (Å²) in [5.74, 6) is 1.02. The first kappa shape index (κ1) is 23.3. The highest BCUT2D eigenvalue weighted by Crippen LogP contribution is 2.31. The molecule has 2 aliphatic rings. The van der Waals surface area contributed by atoms with Crippen molar-refractivity contribution >= 4 is 40.4 Å². The van der Waals surface area contributed by atoms with Crippen molar-refractivity contribution in [3.8, 4) is 6.07 Å². The SMILES string of the molecule is N#C/C(=C/C1CC1)C(=O)Nc1cccc(Nc2ccnc(Nc3ccc(N4CCOCC4)cc3)n2)c1. The van der Waals surface area contributed by atoms with Crippen molar-refractivity contribution in [3.05, 3.63) is 72.4 Å². The van der Waals surface area contributed by atoms with Crippen LogP contribution in [0.25, 0.3) is 0 Å². The van der Waals surface area contributed by atoms with Gasteiger partial charge in [-0.3, -0.25) is 4.79 Å². The predicted octanol–water partition coefficient (Wildman–Crippen LogP) is 4.60. The van der Waals surface area contributed by atoms with E-state index in [1.54, 1.807) is 30.5 Å². The van der Waals surface area contributed by atoms with E-state index in [-0.39, 0.29) is 5.57 Å². The predicted molar refractivity (Wildman–Crippen MR) is 140 cm³/mol. The zero-order chi connectivity index (χ0) is 24.7. The summed E-state index contributed by atoms with van der Waals surface area (Å²) in [6, 6.07) is 19.2. The molecule has 5 rings (SSSR count). The first-order valence-electron chi connectivity index (χ1n) is 12.0. The standard InChI is InChI=1S/C27H27N7O2/c28-18-20(16-19-4-5-19)26(35)31-23-3-1-2-22(17-23)30-25-10-11-29-27(33-25)32-21-6-8-24(9-7-21)34-12-14-36-15-13-34/h1-3,6-11,16-17,19H,4-5,12-15H2,(H,31,35)(H2,29,30,32,33)/b20-16-. The number of ether oxygens (including phenoxy) is 1. The van der Waals surface area contributed by atoms with Gasteiger partial charge in [0, 0.05) is 42.0 Å². The maximum Gasteiger partial charge on any atom is 0.265 e. The third-order valence-electron chi connectivity index (χ3n) is 5.94. The van der Waals surface area contributed by atoms with E-state index in [4.69, 9.17) is 4.74 Å². The minimum atomic E-state index is -0.394. The van der Waals surface area contributed by atoms with Crippen LogP contribution in [0.2, 0.25) is 0 Å². The van der Waals surface area contributed by atoms with Crippen LogP contribution in [-0.4, -0.2) is 42.2 Å². The molecule has 3 N–H and O–H groups in total. The number of amides is 1. The van der Waals surface area contributed by atoms with E-state index in [2.05, 4.69) is 43.0 Å². The first-order valence-corrected chi connectivity index (χ1v) is 12.0. The Morgan fingerprint density at radius 2 is 1.81 bits per heavy atom. The number of nitrogens with one attached hydrogen (secondary N) is 3. The number of nitriles is 1. The van der Waals surface area contributed by atoms with Crippen molar-refractivity contribution in [2.75, 3.05) is 47.2 Å². The summed E-state index contributed by atoms with van der Waals surface area (Å²) < 4.78 is 5.42. The van der Waals surface area contributed by atoms with Gasteiger partial charge in [-0.15, -0.1) is 0 Å². The fraction of sp³-hybridized carbons (Fsp3) is 0.259. The summed E-state index contributed by atoms with van der Waals surface area (Å²) in [7, 11) is 0. The van der Waals surface area contributed by atoms with E-state index in [0.717, 1.165) is 56.2 Å².